The molecule has 0 aliphatic heterocycles. The first-order valence-corrected chi connectivity index (χ1v) is 3.06. The van der Waals surface area contributed by atoms with Gasteiger partial charge in [-0.05, 0) is 13.0 Å². The van der Waals surface area contributed by atoms with Crippen molar-refractivity contribution in [2.24, 2.45) is 11.7 Å². The number of amides is 1. The van der Waals surface area contributed by atoms with Crippen LogP contribution < -0.4 is 11.1 Å². The van der Waals surface area contributed by atoms with Gasteiger partial charge in [-0.2, -0.15) is 0 Å². The topological polar surface area (TPSA) is 55.1 Å². The van der Waals surface area contributed by atoms with E-state index < -0.39 is 0 Å². The summed E-state index contributed by atoms with van der Waals surface area (Å²) in [5.74, 6) is -0.0139. The average Bonchev–Trinajstić information content (AvgIpc) is 1.64. The number of nitrogens with one attached hydrogen (secondary N) is 1. The van der Waals surface area contributed by atoms with Crippen LogP contribution in [0, 0.1) is 5.92 Å². The molecule has 0 saturated heterocycles. The number of likely N-dealkylation sites (N-methyl/N-ethyl adjacent to an activating group) is 1. The average molecular weight is 211 g/mol. The molecular weight excluding hydrogens is 196 g/mol. The molecule has 0 heterocycles. The molecule has 0 spiro atoms. The van der Waals surface area contributed by atoms with Gasteiger partial charge >= 0.3 is 0 Å². The van der Waals surface area contributed by atoms with Crippen molar-refractivity contribution in [3.63, 3.8) is 0 Å². The standard InChI is InChI=1S/C6H14N2O.BrH/c1-4(2)5(8-3)6(7)9;/h4-5,8H,1-3H3,(H2,7,9);1H/t5-;/m0./s1. The molecule has 1 amide bonds. The summed E-state index contributed by atoms with van der Waals surface area (Å²) in [5, 5.41) is 2.83. The molecule has 0 fully saturated rings. The number of rotatable bonds is 3. The molecule has 0 aromatic carbocycles. The van der Waals surface area contributed by atoms with Crippen molar-refractivity contribution in [1.29, 1.82) is 0 Å². The number of carbonyl (C=O) groups excluding carboxylic acids is 1. The van der Waals surface area contributed by atoms with E-state index in [-0.39, 0.29) is 34.8 Å². The summed E-state index contributed by atoms with van der Waals surface area (Å²) in [4.78, 5) is 10.5. The van der Waals surface area contributed by atoms with Crippen molar-refractivity contribution in [3.05, 3.63) is 0 Å². The molecule has 10 heavy (non-hydrogen) atoms. The molecule has 0 aliphatic carbocycles. The maximum atomic E-state index is 10.5. The lowest BCUT2D eigenvalue weighted by Gasteiger charge is -2.14. The number of primary amides is 1. The predicted octanol–water partition coefficient (Wildman–Crippen LogP) is 0.294. The van der Waals surface area contributed by atoms with E-state index in [1.807, 2.05) is 13.8 Å². The van der Waals surface area contributed by atoms with Gasteiger partial charge in [0.05, 0.1) is 6.04 Å². The number of hydrogen-bond donors (Lipinski definition) is 2. The normalized spacial score (nSPS) is 12.4. The number of halogens is 1. The van der Waals surface area contributed by atoms with Gasteiger partial charge in [0, 0.05) is 0 Å². The minimum atomic E-state index is -0.285. The van der Waals surface area contributed by atoms with E-state index in [0.717, 1.165) is 0 Å². The molecule has 0 radical (unpaired) electrons. The molecule has 0 aliphatic rings. The minimum absolute atomic E-state index is 0. The largest absolute Gasteiger partial charge is 0.368 e. The second-order valence-electron chi connectivity index (χ2n) is 2.41. The van der Waals surface area contributed by atoms with Crippen molar-refractivity contribution in [1.82, 2.24) is 5.32 Å². The highest BCUT2D eigenvalue weighted by atomic mass is 79.9. The Labute approximate surface area is 72.1 Å². The Kier molecular flexibility index (Phi) is 7.14. The van der Waals surface area contributed by atoms with Gasteiger partial charge in [0.2, 0.25) is 5.91 Å². The van der Waals surface area contributed by atoms with Crippen LogP contribution in [0.5, 0.6) is 0 Å². The Hall–Kier alpha value is -0.0900. The third-order valence-corrected chi connectivity index (χ3v) is 1.28. The lowest BCUT2D eigenvalue weighted by molar-refractivity contribution is -0.120. The lowest BCUT2D eigenvalue weighted by Crippen LogP contribution is -2.42. The second kappa shape index (κ2) is 5.68. The van der Waals surface area contributed by atoms with E-state index in [4.69, 9.17) is 5.73 Å². The Morgan fingerprint density at radius 3 is 1.90 bits per heavy atom. The van der Waals surface area contributed by atoms with Crippen molar-refractivity contribution in [2.75, 3.05) is 7.05 Å². The zero-order valence-electron chi connectivity index (χ0n) is 6.55. The van der Waals surface area contributed by atoms with E-state index in [1.54, 1.807) is 7.05 Å². The zero-order valence-corrected chi connectivity index (χ0v) is 8.26. The van der Waals surface area contributed by atoms with Crippen LogP contribution in [0.1, 0.15) is 13.8 Å². The van der Waals surface area contributed by atoms with Crippen LogP contribution in [-0.2, 0) is 4.79 Å². The van der Waals surface area contributed by atoms with Crippen molar-refractivity contribution < 1.29 is 4.79 Å². The molecule has 3 nitrogen and oxygen atoms in total. The summed E-state index contributed by atoms with van der Waals surface area (Å²) in [6, 6.07) is -0.190. The van der Waals surface area contributed by atoms with Crippen molar-refractivity contribution in [2.45, 2.75) is 19.9 Å². The third-order valence-electron chi connectivity index (χ3n) is 1.28. The fraction of sp³-hybridized carbons (Fsp3) is 0.833. The Morgan fingerprint density at radius 2 is 1.90 bits per heavy atom. The highest BCUT2D eigenvalue weighted by Crippen LogP contribution is 1.98. The quantitative estimate of drug-likeness (QED) is 0.705. The SMILES string of the molecule is Br.CN[C@H](C(N)=O)C(C)C. The third kappa shape index (κ3) is 3.85. The van der Waals surface area contributed by atoms with Crippen LogP contribution in [0.2, 0.25) is 0 Å². The van der Waals surface area contributed by atoms with E-state index in [1.165, 1.54) is 0 Å². The van der Waals surface area contributed by atoms with E-state index in [2.05, 4.69) is 5.32 Å². The van der Waals surface area contributed by atoms with Gasteiger partial charge in [0.15, 0.2) is 0 Å². The van der Waals surface area contributed by atoms with Gasteiger partial charge < -0.3 is 11.1 Å². The van der Waals surface area contributed by atoms with Crippen LogP contribution in [0.15, 0.2) is 0 Å². The van der Waals surface area contributed by atoms with Gasteiger partial charge in [-0.1, -0.05) is 13.8 Å². The first-order valence-electron chi connectivity index (χ1n) is 3.06. The molecular formula is C6H15BrN2O. The lowest BCUT2D eigenvalue weighted by atomic mass is 10.0. The summed E-state index contributed by atoms with van der Waals surface area (Å²) in [7, 11) is 1.73. The Balaban J connectivity index is 0. The smallest absolute Gasteiger partial charge is 0.234 e. The van der Waals surface area contributed by atoms with Gasteiger partial charge in [-0.25, -0.2) is 0 Å². The molecule has 0 aromatic heterocycles. The fourth-order valence-electron chi connectivity index (χ4n) is 0.804. The molecule has 1 atom stereocenters. The number of carbonyl (C=O) groups is 1. The van der Waals surface area contributed by atoms with Crippen LogP contribution in [0.4, 0.5) is 0 Å². The van der Waals surface area contributed by atoms with Gasteiger partial charge in [-0.3, -0.25) is 4.79 Å². The van der Waals surface area contributed by atoms with Crippen LogP contribution in [0.25, 0.3) is 0 Å². The molecule has 0 unspecified atom stereocenters. The molecule has 0 bridgehead atoms. The highest BCUT2D eigenvalue weighted by Gasteiger charge is 2.15. The highest BCUT2D eigenvalue weighted by molar-refractivity contribution is 8.93. The molecule has 3 N–H and O–H groups in total. The number of nitrogens with two attached hydrogens (primary N) is 1. The second-order valence-corrected chi connectivity index (χ2v) is 2.41. The van der Waals surface area contributed by atoms with Gasteiger partial charge in [0.25, 0.3) is 0 Å². The first kappa shape index (κ1) is 12.6. The summed E-state index contributed by atoms with van der Waals surface area (Å²) in [6.45, 7) is 3.90. The maximum Gasteiger partial charge on any atom is 0.234 e. The monoisotopic (exact) mass is 210 g/mol. The van der Waals surface area contributed by atoms with E-state index in [0.29, 0.717) is 0 Å². The van der Waals surface area contributed by atoms with Crippen LogP contribution in [-0.4, -0.2) is 19.0 Å². The summed E-state index contributed by atoms with van der Waals surface area (Å²) < 4.78 is 0. The van der Waals surface area contributed by atoms with Gasteiger partial charge in [0.1, 0.15) is 0 Å². The Bertz CT molecular complexity index is 106. The molecule has 4 heteroatoms. The predicted molar refractivity (Wildman–Crippen MR) is 47.2 cm³/mol. The summed E-state index contributed by atoms with van der Waals surface area (Å²) in [6.07, 6.45) is 0. The molecule has 0 aromatic rings. The fourth-order valence-corrected chi connectivity index (χ4v) is 0.804. The maximum absolute atomic E-state index is 10.5. The minimum Gasteiger partial charge on any atom is -0.368 e. The van der Waals surface area contributed by atoms with Crippen LogP contribution in [0.3, 0.4) is 0 Å². The van der Waals surface area contributed by atoms with Crippen molar-refractivity contribution in [3.8, 4) is 0 Å². The van der Waals surface area contributed by atoms with Gasteiger partial charge in [-0.15, -0.1) is 17.0 Å². The summed E-state index contributed by atoms with van der Waals surface area (Å²) in [5.41, 5.74) is 5.05. The van der Waals surface area contributed by atoms with Crippen molar-refractivity contribution >= 4 is 22.9 Å². The molecule has 0 rings (SSSR count). The van der Waals surface area contributed by atoms with Crippen LogP contribution >= 0.6 is 17.0 Å². The first-order chi connectivity index (χ1) is 4.09. The van der Waals surface area contributed by atoms with E-state index in [9.17, 15) is 4.79 Å². The summed E-state index contributed by atoms with van der Waals surface area (Å²) >= 11 is 0. The zero-order chi connectivity index (χ0) is 7.44. The number of hydrogen-bond acceptors (Lipinski definition) is 2. The van der Waals surface area contributed by atoms with E-state index >= 15 is 0 Å². The Morgan fingerprint density at radius 1 is 1.50 bits per heavy atom. The molecule has 62 valence electrons. The molecule has 0 saturated carbocycles.